The SMILES string of the molecule is CC(C)(C)c1ccnc(-n2c[c-]c(Oc3[c-]c(-n4[c-][n+](-c5ccccc5C(C)(C)C)c5ccccc54)ccc3)cccc3ccccc32)c1.[Pt]. The molecule has 0 aliphatic carbocycles. The molecule has 4 aromatic carbocycles. The van der Waals surface area contributed by atoms with Gasteiger partial charge in [-0.1, -0.05) is 114 Å². The Morgan fingerprint density at radius 2 is 1.36 bits per heavy atom. The Morgan fingerprint density at radius 1 is 0.680 bits per heavy atom. The van der Waals surface area contributed by atoms with Gasteiger partial charge in [0.2, 0.25) is 0 Å². The maximum Gasteiger partial charge on any atom is 0.268 e. The molecule has 7 aromatic rings. The van der Waals surface area contributed by atoms with E-state index in [0.717, 1.165) is 39.1 Å². The van der Waals surface area contributed by atoms with Crippen molar-refractivity contribution in [2.45, 2.75) is 52.4 Å². The van der Waals surface area contributed by atoms with Gasteiger partial charge in [0.05, 0.1) is 22.2 Å². The number of nitrogens with zero attached hydrogens (tertiary/aromatic N) is 4. The number of hydrogen-bond acceptors (Lipinski definition) is 2. The van der Waals surface area contributed by atoms with Crippen LogP contribution in [0.5, 0.6) is 11.5 Å². The Labute approximate surface area is 309 Å². The smallest absolute Gasteiger partial charge is 0.268 e. The van der Waals surface area contributed by atoms with E-state index in [1.54, 1.807) is 0 Å². The molecule has 0 unspecified atom stereocenters. The zero-order valence-electron chi connectivity index (χ0n) is 29.2. The number of hydrogen-bond donors (Lipinski definition) is 0. The van der Waals surface area contributed by atoms with E-state index in [1.165, 1.54) is 11.1 Å². The molecule has 3 aromatic heterocycles. The first kappa shape index (κ1) is 34.9. The standard InChI is InChI=1S/C44H40N4O.Pt/c1-43(2,3)33-25-27-45-42(29-33)46-28-26-35(18-13-16-32-15-7-9-21-38(32)46)49-36-19-14-17-34(30-36)47-31-48(41-24-12-11-23-40(41)47)39-22-10-8-20-37(39)44(4,5)6;/h7-25,27-29H,1-6H3;/q-2;. The average Bonchev–Trinajstić information content (AvgIpc) is 3.51. The van der Waals surface area contributed by atoms with Gasteiger partial charge in [0.1, 0.15) is 5.82 Å². The number of aromatic nitrogens is 4. The molecule has 50 heavy (non-hydrogen) atoms. The summed E-state index contributed by atoms with van der Waals surface area (Å²) >= 11 is 0. The molecule has 5 nitrogen and oxygen atoms in total. The van der Waals surface area contributed by atoms with Gasteiger partial charge in [-0.3, -0.25) is 4.57 Å². The minimum Gasteiger partial charge on any atom is -0.522 e. The maximum atomic E-state index is 6.47. The van der Waals surface area contributed by atoms with Crippen molar-refractivity contribution in [1.29, 1.82) is 0 Å². The molecule has 0 fully saturated rings. The van der Waals surface area contributed by atoms with E-state index in [0.29, 0.717) is 11.5 Å². The molecule has 0 aliphatic rings. The molecule has 0 aliphatic heterocycles. The van der Waals surface area contributed by atoms with Gasteiger partial charge in [0.25, 0.3) is 6.33 Å². The second-order valence-corrected chi connectivity index (χ2v) is 14.3. The van der Waals surface area contributed by atoms with Crippen LogP contribution < -0.4 is 9.30 Å². The van der Waals surface area contributed by atoms with Crippen molar-refractivity contribution in [1.82, 2.24) is 14.1 Å². The zero-order chi connectivity index (χ0) is 34.2. The molecule has 7 rings (SSSR count). The van der Waals surface area contributed by atoms with Gasteiger partial charge in [-0.25, -0.2) is 4.98 Å². The van der Waals surface area contributed by atoms with Gasteiger partial charge in [-0.05, 0) is 63.0 Å². The van der Waals surface area contributed by atoms with Crippen LogP contribution in [0.1, 0.15) is 52.7 Å². The molecule has 3 heterocycles. The number of pyridine rings is 1. The molecule has 0 saturated carbocycles. The van der Waals surface area contributed by atoms with E-state index < -0.39 is 0 Å². The Bertz CT molecular complexity index is 2360. The molecular weight excluding hydrogens is 796 g/mol. The summed E-state index contributed by atoms with van der Waals surface area (Å²) in [5.74, 6) is 1.93. The molecule has 6 heteroatoms. The maximum absolute atomic E-state index is 6.47. The molecular formula is C44H40N4OPt-2. The number of imidazole rings is 1. The molecule has 0 spiro atoms. The van der Waals surface area contributed by atoms with Crippen LogP contribution in [-0.2, 0) is 31.9 Å². The molecule has 0 saturated heterocycles. The van der Waals surface area contributed by atoms with E-state index in [2.05, 4.69) is 148 Å². The van der Waals surface area contributed by atoms with Crippen LogP contribution in [0.4, 0.5) is 0 Å². The van der Waals surface area contributed by atoms with Crippen LogP contribution in [-0.4, -0.2) is 14.1 Å². The van der Waals surface area contributed by atoms with E-state index >= 15 is 0 Å². The number of rotatable bonds is 5. The minimum absolute atomic E-state index is 0. The summed E-state index contributed by atoms with van der Waals surface area (Å²) in [5.41, 5.74) is 7.41. The second-order valence-electron chi connectivity index (χ2n) is 14.3. The minimum atomic E-state index is -0.0361. The summed E-state index contributed by atoms with van der Waals surface area (Å²) in [6.45, 7) is 13.3. The topological polar surface area (TPSA) is 35.9 Å². The van der Waals surface area contributed by atoms with Crippen molar-refractivity contribution in [2.24, 2.45) is 0 Å². The monoisotopic (exact) mass is 835 g/mol. The van der Waals surface area contributed by atoms with Crippen LogP contribution in [0.3, 0.4) is 0 Å². The predicted octanol–water partition coefficient (Wildman–Crippen LogP) is 10.2. The number of ether oxygens (including phenoxy) is 1. The summed E-state index contributed by atoms with van der Waals surface area (Å²) < 4.78 is 12.7. The first-order valence-electron chi connectivity index (χ1n) is 16.6. The van der Waals surface area contributed by atoms with Gasteiger partial charge < -0.3 is 13.9 Å². The predicted molar refractivity (Wildman–Crippen MR) is 197 cm³/mol. The van der Waals surface area contributed by atoms with Crippen LogP contribution in [0, 0.1) is 18.5 Å². The molecule has 0 amide bonds. The fraction of sp³-hybridized carbons (Fsp3) is 0.182. The summed E-state index contributed by atoms with van der Waals surface area (Å²) in [4.78, 5) is 4.76. The quantitative estimate of drug-likeness (QED) is 0.128. The molecule has 0 N–H and O–H groups in total. The summed E-state index contributed by atoms with van der Waals surface area (Å²) in [7, 11) is 0. The third kappa shape index (κ3) is 7.15. The van der Waals surface area contributed by atoms with Crippen molar-refractivity contribution < 1.29 is 30.4 Å². The number of para-hydroxylation sites is 4. The van der Waals surface area contributed by atoms with Crippen molar-refractivity contribution in [3.63, 3.8) is 0 Å². The Morgan fingerprint density at radius 3 is 2.16 bits per heavy atom. The first-order chi connectivity index (χ1) is 23.6. The zero-order valence-corrected chi connectivity index (χ0v) is 31.5. The van der Waals surface area contributed by atoms with Crippen LogP contribution >= 0.6 is 0 Å². The van der Waals surface area contributed by atoms with E-state index in [9.17, 15) is 0 Å². The van der Waals surface area contributed by atoms with Gasteiger partial charge in [-0.15, -0.1) is 18.2 Å². The van der Waals surface area contributed by atoms with Crippen molar-refractivity contribution in [3.8, 4) is 28.7 Å². The first-order valence-corrected chi connectivity index (χ1v) is 16.6. The third-order valence-electron chi connectivity index (χ3n) is 8.64. The van der Waals surface area contributed by atoms with Crippen molar-refractivity contribution in [3.05, 3.63) is 163 Å². The molecule has 0 radical (unpaired) electrons. The molecule has 254 valence electrons. The van der Waals surface area contributed by atoms with E-state index in [4.69, 9.17) is 9.72 Å². The van der Waals surface area contributed by atoms with Crippen LogP contribution in [0.25, 0.3) is 39.1 Å². The fourth-order valence-corrected chi connectivity index (χ4v) is 6.07. The number of fused-ring (bicyclic) bond motifs is 2. The van der Waals surface area contributed by atoms with E-state index in [1.807, 2.05) is 59.4 Å². The third-order valence-corrected chi connectivity index (χ3v) is 8.64. The van der Waals surface area contributed by atoms with Crippen molar-refractivity contribution >= 4 is 21.9 Å². The van der Waals surface area contributed by atoms with Gasteiger partial charge in [0, 0.05) is 33.0 Å². The largest absolute Gasteiger partial charge is 0.522 e. The molecule has 0 atom stereocenters. The Kier molecular flexibility index (Phi) is 9.82. The summed E-state index contributed by atoms with van der Waals surface area (Å²) in [6.07, 6.45) is 7.40. The van der Waals surface area contributed by atoms with Gasteiger partial charge in [-0.2, -0.15) is 24.3 Å². The van der Waals surface area contributed by atoms with Gasteiger partial charge in [0.15, 0.2) is 0 Å². The summed E-state index contributed by atoms with van der Waals surface area (Å²) in [5, 5.41) is 1.06. The normalized spacial score (nSPS) is 11.6. The van der Waals surface area contributed by atoms with E-state index in [-0.39, 0.29) is 31.9 Å². The Hall–Kier alpha value is -4.99. The van der Waals surface area contributed by atoms with Crippen molar-refractivity contribution in [2.75, 3.05) is 0 Å². The Balaban J connectivity index is 0.00000432. The number of benzene rings is 4. The van der Waals surface area contributed by atoms with Crippen LogP contribution in [0.15, 0.2) is 134 Å². The molecule has 0 bridgehead atoms. The summed E-state index contributed by atoms with van der Waals surface area (Å²) in [6, 6.07) is 48.2. The van der Waals surface area contributed by atoms with Crippen LogP contribution in [0.2, 0.25) is 0 Å². The average molecular weight is 836 g/mol. The fourth-order valence-electron chi connectivity index (χ4n) is 6.07. The second kappa shape index (κ2) is 14.1. The van der Waals surface area contributed by atoms with Gasteiger partial charge >= 0.3 is 0 Å².